The van der Waals surface area contributed by atoms with Crippen molar-refractivity contribution in [1.82, 2.24) is 15.0 Å². The van der Waals surface area contributed by atoms with Gasteiger partial charge in [-0.15, -0.1) is 5.10 Å². The maximum atomic E-state index is 14.8. The van der Waals surface area contributed by atoms with Crippen LogP contribution in [-0.4, -0.2) is 54.9 Å². The summed E-state index contributed by atoms with van der Waals surface area (Å²) >= 11 is 0. The molecule has 1 aromatic carbocycles. The molecular weight excluding hydrogens is 384 g/mol. The number of amides is 1. The molecule has 0 unspecified atom stereocenters. The van der Waals surface area contributed by atoms with Crippen LogP contribution in [0.25, 0.3) is 0 Å². The van der Waals surface area contributed by atoms with Crippen LogP contribution in [-0.2, 0) is 11.3 Å². The number of ether oxygens (including phenoxy) is 1. The van der Waals surface area contributed by atoms with Crippen molar-refractivity contribution in [1.29, 1.82) is 0 Å². The maximum Gasteiger partial charge on any atom is 0.414 e. The molecule has 0 bridgehead atoms. The van der Waals surface area contributed by atoms with Crippen LogP contribution in [0.1, 0.15) is 0 Å². The summed E-state index contributed by atoms with van der Waals surface area (Å²) in [5.41, 5.74) is 0.163. The second kappa shape index (κ2) is 7.15. The smallest absolute Gasteiger partial charge is 0.414 e. The molecule has 7 nitrogen and oxygen atoms in total. The number of hydrogen-bond donors (Lipinski definition) is 0. The summed E-state index contributed by atoms with van der Waals surface area (Å²) in [5.74, 6) is -1.30. The highest BCUT2D eigenvalue weighted by Crippen LogP contribution is 2.34. The lowest BCUT2D eigenvalue weighted by atomic mass is 10.2. The summed E-state index contributed by atoms with van der Waals surface area (Å²) in [7, 11) is -1.24. The van der Waals surface area contributed by atoms with Gasteiger partial charge in [0, 0.05) is 31.4 Å². The standard InChI is InChI=1S/C18H23F2N5O2Si/c1-28(2)7-5-23(6-8-28)17-15(19)9-13(10-16(17)20)25-12-14(27-18(25)26)11-24-4-3-21-22-24/h3-4,9-10,14H,5-8,11-12H2,1-2H3/t14-/m0/s1. The first-order chi connectivity index (χ1) is 13.3. The number of hydrogen-bond acceptors (Lipinski definition) is 5. The highest BCUT2D eigenvalue weighted by molar-refractivity contribution is 6.77. The molecule has 1 aromatic heterocycles. The largest absolute Gasteiger partial charge is 0.442 e. The molecule has 2 aromatic rings. The second-order valence-corrected chi connectivity index (χ2v) is 13.5. The summed E-state index contributed by atoms with van der Waals surface area (Å²) in [6, 6.07) is 4.45. The van der Waals surface area contributed by atoms with E-state index in [0.29, 0.717) is 19.6 Å². The monoisotopic (exact) mass is 407 g/mol. The van der Waals surface area contributed by atoms with E-state index in [1.807, 2.05) is 0 Å². The zero-order chi connectivity index (χ0) is 19.9. The first-order valence-corrected chi connectivity index (χ1v) is 12.8. The van der Waals surface area contributed by atoms with Crippen molar-refractivity contribution in [3.05, 3.63) is 36.2 Å². The second-order valence-electron chi connectivity index (χ2n) is 8.15. The molecule has 1 amide bonds. The van der Waals surface area contributed by atoms with Gasteiger partial charge in [0.1, 0.15) is 11.8 Å². The fraction of sp³-hybridized carbons (Fsp3) is 0.500. The number of carbonyl (C=O) groups excluding carboxylic acids is 1. The number of rotatable bonds is 4. The molecule has 0 radical (unpaired) electrons. The Morgan fingerprint density at radius 3 is 2.50 bits per heavy atom. The van der Waals surface area contributed by atoms with Gasteiger partial charge in [0.05, 0.1) is 33.0 Å². The van der Waals surface area contributed by atoms with Crippen molar-refractivity contribution < 1.29 is 18.3 Å². The van der Waals surface area contributed by atoms with Crippen LogP contribution >= 0.6 is 0 Å². The van der Waals surface area contributed by atoms with Crippen molar-refractivity contribution in [3.63, 3.8) is 0 Å². The normalized spacial score (nSPS) is 21.9. The van der Waals surface area contributed by atoms with Gasteiger partial charge in [-0.3, -0.25) is 4.90 Å². The van der Waals surface area contributed by atoms with Crippen LogP contribution in [0.5, 0.6) is 0 Å². The lowest BCUT2D eigenvalue weighted by Gasteiger charge is -2.37. The third-order valence-corrected chi connectivity index (χ3v) is 8.64. The predicted molar refractivity (Wildman–Crippen MR) is 103 cm³/mol. The third-order valence-electron chi connectivity index (χ3n) is 5.48. The molecule has 10 heteroatoms. The van der Waals surface area contributed by atoms with Crippen LogP contribution in [0.4, 0.5) is 25.0 Å². The Hall–Kier alpha value is -2.49. The van der Waals surface area contributed by atoms with E-state index in [1.165, 1.54) is 23.2 Å². The van der Waals surface area contributed by atoms with Crippen molar-refractivity contribution in [3.8, 4) is 0 Å². The van der Waals surface area contributed by atoms with Crippen LogP contribution in [0.15, 0.2) is 24.5 Å². The lowest BCUT2D eigenvalue weighted by Crippen LogP contribution is -2.43. The van der Waals surface area contributed by atoms with E-state index in [0.717, 1.165) is 12.1 Å². The number of aromatic nitrogens is 3. The Bertz CT molecular complexity index is 844. The van der Waals surface area contributed by atoms with Gasteiger partial charge in [-0.05, 0) is 12.1 Å². The number of halogens is 2. The van der Waals surface area contributed by atoms with Crippen molar-refractivity contribution >= 4 is 25.5 Å². The number of cyclic esters (lactones) is 1. The molecule has 0 N–H and O–H groups in total. The first-order valence-electron chi connectivity index (χ1n) is 9.39. The van der Waals surface area contributed by atoms with Crippen LogP contribution in [0.3, 0.4) is 0 Å². The van der Waals surface area contributed by atoms with Crippen LogP contribution < -0.4 is 9.80 Å². The van der Waals surface area contributed by atoms with Crippen molar-refractivity contribution in [2.24, 2.45) is 0 Å². The van der Waals surface area contributed by atoms with Gasteiger partial charge in [-0.25, -0.2) is 18.3 Å². The molecular formula is C18H23F2N5O2Si. The van der Waals surface area contributed by atoms with Gasteiger partial charge < -0.3 is 9.64 Å². The molecule has 2 fully saturated rings. The van der Waals surface area contributed by atoms with E-state index in [4.69, 9.17) is 4.74 Å². The summed E-state index contributed by atoms with van der Waals surface area (Å²) in [6.07, 6.45) is 2.10. The summed E-state index contributed by atoms with van der Waals surface area (Å²) in [4.78, 5) is 15.2. The Morgan fingerprint density at radius 2 is 1.89 bits per heavy atom. The Kier molecular flexibility index (Phi) is 4.82. The van der Waals surface area contributed by atoms with Gasteiger partial charge >= 0.3 is 6.09 Å². The van der Waals surface area contributed by atoms with Crippen molar-refractivity contribution in [2.45, 2.75) is 37.8 Å². The van der Waals surface area contributed by atoms with Gasteiger partial charge in [0.25, 0.3) is 0 Å². The molecule has 1 atom stereocenters. The number of carbonyl (C=O) groups is 1. The molecule has 2 aliphatic heterocycles. The average Bonchev–Trinajstić information content (AvgIpc) is 3.25. The van der Waals surface area contributed by atoms with Gasteiger partial charge in [-0.1, -0.05) is 18.3 Å². The third kappa shape index (κ3) is 3.73. The lowest BCUT2D eigenvalue weighted by molar-refractivity contribution is 0.129. The predicted octanol–water partition coefficient (Wildman–Crippen LogP) is 3.11. The van der Waals surface area contributed by atoms with Crippen LogP contribution in [0.2, 0.25) is 25.2 Å². The van der Waals surface area contributed by atoms with Gasteiger partial charge in [-0.2, -0.15) is 0 Å². The molecule has 0 spiro atoms. The molecule has 0 aliphatic carbocycles. The topological polar surface area (TPSA) is 63.5 Å². The number of nitrogens with zero attached hydrogens (tertiary/aromatic N) is 5. The number of benzene rings is 1. The van der Waals surface area contributed by atoms with E-state index < -0.39 is 31.9 Å². The average molecular weight is 407 g/mol. The van der Waals surface area contributed by atoms with E-state index >= 15 is 0 Å². The summed E-state index contributed by atoms with van der Waals surface area (Å²) in [6.45, 7) is 6.46. The highest BCUT2D eigenvalue weighted by Gasteiger charge is 2.35. The van der Waals surface area contributed by atoms with E-state index in [1.54, 1.807) is 15.8 Å². The Morgan fingerprint density at radius 1 is 1.21 bits per heavy atom. The SMILES string of the molecule is C[Si]1(C)CCN(c2c(F)cc(N3C[C@H](Cn4ccnn4)OC3=O)cc2F)CC1. The minimum Gasteiger partial charge on any atom is -0.442 e. The van der Waals surface area contributed by atoms with E-state index in [2.05, 4.69) is 23.4 Å². The van der Waals surface area contributed by atoms with Gasteiger partial charge in [0.2, 0.25) is 0 Å². The van der Waals surface area contributed by atoms with E-state index in [-0.39, 0.29) is 17.9 Å². The molecule has 0 saturated carbocycles. The zero-order valence-corrected chi connectivity index (χ0v) is 16.9. The maximum absolute atomic E-state index is 14.8. The molecule has 4 rings (SSSR count). The fourth-order valence-corrected chi connectivity index (χ4v) is 5.71. The van der Waals surface area contributed by atoms with Gasteiger partial charge in [0.15, 0.2) is 11.6 Å². The Balaban J connectivity index is 1.51. The molecule has 28 heavy (non-hydrogen) atoms. The van der Waals surface area contributed by atoms with E-state index in [9.17, 15) is 13.6 Å². The first kappa shape index (κ1) is 18.9. The fourth-order valence-electron chi connectivity index (χ4n) is 3.71. The Labute approximate surface area is 162 Å². The van der Waals surface area contributed by atoms with Crippen molar-refractivity contribution in [2.75, 3.05) is 29.4 Å². The molecule has 150 valence electrons. The highest BCUT2D eigenvalue weighted by atomic mass is 28.3. The summed E-state index contributed by atoms with van der Waals surface area (Å²) < 4.78 is 36.4. The molecule has 3 heterocycles. The minimum atomic E-state index is -1.24. The van der Waals surface area contributed by atoms with Crippen LogP contribution in [0, 0.1) is 11.6 Å². The summed E-state index contributed by atoms with van der Waals surface area (Å²) in [5, 5.41) is 7.54. The minimum absolute atomic E-state index is 0.0000187. The zero-order valence-electron chi connectivity index (χ0n) is 15.9. The molecule has 2 aliphatic rings. The number of anilines is 2. The molecule has 2 saturated heterocycles. The quantitative estimate of drug-likeness (QED) is 0.729.